The summed E-state index contributed by atoms with van der Waals surface area (Å²) in [6.45, 7) is 1.85. The number of amides is 2. The van der Waals surface area contributed by atoms with E-state index in [0.29, 0.717) is 17.7 Å². The fraction of sp³-hybridized carbons (Fsp3) is 0.385. The van der Waals surface area contributed by atoms with Crippen LogP contribution in [0.5, 0.6) is 0 Å². The Morgan fingerprint density at radius 1 is 1.28 bits per heavy atom. The van der Waals surface area contributed by atoms with Crippen LogP contribution in [0, 0.1) is 0 Å². The molecule has 3 N–H and O–H groups in total. The Hall–Kier alpha value is -1.88. The van der Waals surface area contributed by atoms with Crippen molar-refractivity contribution in [1.82, 2.24) is 4.90 Å². The Morgan fingerprint density at radius 3 is 2.28 bits per heavy atom. The van der Waals surface area contributed by atoms with Crippen molar-refractivity contribution in [3.8, 4) is 0 Å². The highest BCUT2D eigenvalue weighted by atomic mass is 16.2. The van der Waals surface area contributed by atoms with Crippen LogP contribution in [0.15, 0.2) is 24.3 Å². The second-order valence-corrected chi connectivity index (χ2v) is 4.28. The zero-order valence-electron chi connectivity index (χ0n) is 10.9. The number of nitrogens with zero attached hydrogens (tertiary/aromatic N) is 1. The van der Waals surface area contributed by atoms with E-state index in [1.165, 1.54) is 4.90 Å². The summed E-state index contributed by atoms with van der Waals surface area (Å²) < 4.78 is 0. The Labute approximate surface area is 107 Å². The summed E-state index contributed by atoms with van der Waals surface area (Å²) in [5.41, 5.74) is 6.83. The van der Waals surface area contributed by atoms with Crippen LogP contribution in [-0.2, 0) is 4.79 Å². The third-order valence-electron chi connectivity index (χ3n) is 2.58. The van der Waals surface area contributed by atoms with Gasteiger partial charge in [0, 0.05) is 25.3 Å². The SMILES string of the molecule is CCC(N)C(=O)Nc1ccc(C(=O)N(C)C)cc1. The summed E-state index contributed by atoms with van der Waals surface area (Å²) in [6.07, 6.45) is 0.586. The van der Waals surface area contributed by atoms with Crippen molar-refractivity contribution in [2.24, 2.45) is 5.73 Å². The van der Waals surface area contributed by atoms with Crippen LogP contribution in [0.25, 0.3) is 0 Å². The second-order valence-electron chi connectivity index (χ2n) is 4.28. The van der Waals surface area contributed by atoms with Gasteiger partial charge in [-0.15, -0.1) is 0 Å². The quantitative estimate of drug-likeness (QED) is 0.838. The Morgan fingerprint density at radius 2 is 1.83 bits per heavy atom. The van der Waals surface area contributed by atoms with Crippen molar-refractivity contribution in [2.75, 3.05) is 19.4 Å². The van der Waals surface area contributed by atoms with Gasteiger partial charge in [-0.2, -0.15) is 0 Å². The molecule has 5 heteroatoms. The molecule has 0 saturated carbocycles. The molecule has 18 heavy (non-hydrogen) atoms. The van der Waals surface area contributed by atoms with Gasteiger partial charge in [0.05, 0.1) is 6.04 Å². The predicted molar refractivity (Wildman–Crippen MR) is 71.4 cm³/mol. The van der Waals surface area contributed by atoms with Gasteiger partial charge in [-0.25, -0.2) is 0 Å². The van der Waals surface area contributed by atoms with Gasteiger partial charge in [0.2, 0.25) is 5.91 Å². The first-order chi connectivity index (χ1) is 8.45. The van der Waals surface area contributed by atoms with E-state index in [-0.39, 0.29) is 11.8 Å². The number of nitrogens with one attached hydrogen (secondary N) is 1. The maximum atomic E-state index is 11.7. The van der Waals surface area contributed by atoms with Crippen LogP contribution in [-0.4, -0.2) is 36.9 Å². The van der Waals surface area contributed by atoms with E-state index in [1.807, 2.05) is 6.92 Å². The molecule has 0 aliphatic carbocycles. The molecule has 0 spiro atoms. The first-order valence-electron chi connectivity index (χ1n) is 5.84. The highest BCUT2D eigenvalue weighted by molar-refractivity contribution is 5.96. The van der Waals surface area contributed by atoms with Crippen LogP contribution in [0.3, 0.4) is 0 Å². The molecule has 0 fully saturated rings. The van der Waals surface area contributed by atoms with E-state index in [4.69, 9.17) is 5.73 Å². The second kappa shape index (κ2) is 6.16. The third kappa shape index (κ3) is 3.56. The number of nitrogens with two attached hydrogens (primary N) is 1. The zero-order valence-corrected chi connectivity index (χ0v) is 10.9. The average Bonchev–Trinajstić information content (AvgIpc) is 2.37. The van der Waals surface area contributed by atoms with Crippen molar-refractivity contribution >= 4 is 17.5 Å². The minimum atomic E-state index is -0.506. The molecule has 2 amide bonds. The van der Waals surface area contributed by atoms with Crippen molar-refractivity contribution in [3.05, 3.63) is 29.8 Å². The van der Waals surface area contributed by atoms with Crippen LogP contribution in [0.1, 0.15) is 23.7 Å². The lowest BCUT2D eigenvalue weighted by Crippen LogP contribution is -2.34. The van der Waals surface area contributed by atoms with Crippen LogP contribution >= 0.6 is 0 Å². The first kappa shape index (κ1) is 14.2. The lowest BCUT2D eigenvalue weighted by molar-refractivity contribution is -0.117. The predicted octanol–water partition coefficient (Wildman–Crippen LogP) is 1.06. The van der Waals surface area contributed by atoms with Gasteiger partial charge < -0.3 is 16.0 Å². The molecule has 98 valence electrons. The highest BCUT2D eigenvalue weighted by Crippen LogP contribution is 2.11. The summed E-state index contributed by atoms with van der Waals surface area (Å²) in [5.74, 6) is -0.290. The van der Waals surface area contributed by atoms with Gasteiger partial charge in [-0.05, 0) is 30.7 Å². The molecule has 1 unspecified atom stereocenters. The molecule has 1 rings (SSSR count). The van der Waals surface area contributed by atoms with Crippen LogP contribution in [0.2, 0.25) is 0 Å². The first-order valence-corrected chi connectivity index (χ1v) is 5.84. The van der Waals surface area contributed by atoms with Gasteiger partial charge in [-0.1, -0.05) is 6.92 Å². The van der Waals surface area contributed by atoms with Gasteiger partial charge >= 0.3 is 0 Å². The van der Waals surface area contributed by atoms with Gasteiger partial charge in [0.25, 0.3) is 5.91 Å². The molecule has 0 bridgehead atoms. The van der Waals surface area contributed by atoms with Crippen molar-refractivity contribution in [1.29, 1.82) is 0 Å². The van der Waals surface area contributed by atoms with E-state index in [2.05, 4.69) is 5.32 Å². The molecule has 1 aromatic rings. The molecule has 0 radical (unpaired) electrons. The number of rotatable bonds is 4. The minimum absolute atomic E-state index is 0.0712. The summed E-state index contributed by atoms with van der Waals surface area (Å²) in [7, 11) is 3.39. The summed E-state index contributed by atoms with van der Waals surface area (Å²) >= 11 is 0. The van der Waals surface area contributed by atoms with Crippen LogP contribution in [0.4, 0.5) is 5.69 Å². The fourth-order valence-electron chi connectivity index (χ4n) is 1.37. The largest absolute Gasteiger partial charge is 0.345 e. The lowest BCUT2D eigenvalue weighted by Gasteiger charge is -2.12. The lowest BCUT2D eigenvalue weighted by atomic mass is 10.1. The van der Waals surface area contributed by atoms with Gasteiger partial charge in [0.1, 0.15) is 0 Å². The molecule has 0 aliphatic rings. The zero-order chi connectivity index (χ0) is 13.7. The fourth-order valence-corrected chi connectivity index (χ4v) is 1.37. The van der Waals surface area contributed by atoms with Crippen molar-refractivity contribution in [2.45, 2.75) is 19.4 Å². The van der Waals surface area contributed by atoms with Crippen LogP contribution < -0.4 is 11.1 Å². The van der Waals surface area contributed by atoms with Crippen molar-refractivity contribution in [3.63, 3.8) is 0 Å². The molecule has 0 aromatic heterocycles. The summed E-state index contributed by atoms with van der Waals surface area (Å²) in [4.78, 5) is 24.7. The Bertz CT molecular complexity index is 426. The molecule has 1 aromatic carbocycles. The molecule has 5 nitrogen and oxygen atoms in total. The highest BCUT2D eigenvalue weighted by Gasteiger charge is 2.11. The Kier molecular flexibility index (Phi) is 4.85. The smallest absolute Gasteiger partial charge is 0.253 e. The average molecular weight is 249 g/mol. The molecule has 0 heterocycles. The van der Waals surface area contributed by atoms with E-state index >= 15 is 0 Å². The van der Waals surface area contributed by atoms with Crippen molar-refractivity contribution < 1.29 is 9.59 Å². The normalized spacial score (nSPS) is 11.8. The van der Waals surface area contributed by atoms with E-state index in [1.54, 1.807) is 38.4 Å². The van der Waals surface area contributed by atoms with E-state index in [0.717, 1.165) is 0 Å². The molecule has 0 saturated heterocycles. The Balaban J connectivity index is 2.72. The standard InChI is InChI=1S/C13H19N3O2/c1-4-11(14)12(17)15-10-7-5-9(6-8-10)13(18)16(2)3/h5-8,11H,4,14H2,1-3H3,(H,15,17). The maximum absolute atomic E-state index is 11.7. The van der Waals surface area contributed by atoms with E-state index < -0.39 is 6.04 Å². The molecule has 0 aliphatic heterocycles. The number of anilines is 1. The number of benzene rings is 1. The third-order valence-corrected chi connectivity index (χ3v) is 2.58. The molecular weight excluding hydrogens is 230 g/mol. The minimum Gasteiger partial charge on any atom is -0.345 e. The summed E-state index contributed by atoms with van der Waals surface area (Å²) in [6, 6.07) is 6.23. The molecular formula is C13H19N3O2. The van der Waals surface area contributed by atoms with E-state index in [9.17, 15) is 9.59 Å². The topological polar surface area (TPSA) is 75.4 Å². The van der Waals surface area contributed by atoms with Gasteiger partial charge in [0.15, 0.2) is 0 Å². The maximum Gasteiger partial charge on any atom is 0.253 e. The number of carbonyl (C=O) groups is 2. The number of carbonyl (C=O) groups excluding carboxylic acids is 2. The number of hydrogen-bond acceptors (Lipinski definition) is 3. The number of hydrogen-bond donors (Lipinski definition) is 2. The molecule has 1 atom stereocenters. The monoisotopic (exact) mass is 249 g/mol. The summed E-state index contributed by atoms with van der Waals surface area (Å²) in [5, 5.41) is 2.70. The van der Waals surface area contributed by atoms with Gasteiger partial charge in [-0.3, -0.25) is 9.59 Å².